The molecule has 0 aliphatic heterocycles. The van der Waals surface area contributed by atoms with Crippen LogP contribution >= 0.6 is 15.9 Å². The number of rotatable bonds is 5. The van der Waals surface area contributed by atoms with E-state index in [1.165, 1.54) is 12.1 Å². The fourth-order valence-corrected chi connectivity index (χ4v) is 2.15. The first-order valence-electron chi connectivity index (χ1n) is 5.98. The van der Waals surface area contributed by atoms with Crippen molar-refractivity contribution in [3.05, 3.63) is 64.1 Å². The molecule has 0 bridgehead atoms. The maximum absolute atomic E-state index is 14.0. The van der Waals surface area contributed by atoms with Gasteiger partial charge in [0.1, 0.15) is 5.75 Å². The van der Waals surface area contributed by atoms with Gasteiger partial charge in [0.15, 0.2) is 6.61 Å². The zero-order chi connectivity index (χ0) is 14.6. The maximum atomic E-state index is 14.0. The molecule has 0 atom stereocenters. The van der Waals surface area contributed by atoms with Gasteiger partial charge in [0.2, 0.25) is 0 Å². The van der Waals surface area contributed by atoms with Crippen LogP contribution in [0.5, 0.6) is 5.75 Å². The van der Waals surface area contributed by atoms with Crippen LogP contribution in [0.3, 0.4) is 0 Å². The fourth-order valence-electron chi connectivity index (χ4n) is 1.75. The molecule has 0 saturated heterocycles. The van der Waals surface area contributed by atoms with Gasteiger partial charge in [-0.25, -0.2) is 0 Å². The Morgan fingerprint density at radius 2 is 1.80 bits per heavy atom. The summed E-state index contributed by atoms with van der Waals surface area (Å²) in [7, 11) is 0. The second kappa shape index (κ2) is 6.33. The van der Waals surface area contributed by atoms with E-state index >= 15 is 0 Å². The smallest absolute Gasteiger partial charge is 0.306 e. The zero-order valence-electron chi connectivity index (χ0n) is 10.5. The van der Waals surface area contributed by atoms with Crippen LogP contribution < -0.4 is 4.74 Å². The summed E-state index contributed by atoms with van der Waals surface area (Å²) in [6.45, 7) is -1.04. The summed E-state index contributed by atoms with van der Waals surface area (Å²) >= 11 is 3.25. The van der Waals surface area contributed by atoms with Crippen molar-refractivity contribution in [3.63, 3.8) is 0 Å². The molecule has 0 fully saturated rings. The van der Waals surface area contributed by atoms with Crippen molar-refractivity contribution in [1.82, 2.24) is 0 Å². The number of hydrogen-bond acceptors (Lipinski definition) is 2. The number of aliphatic hydroxyl groups excluding tert-OH is 1. The summed E-state index contributed by atoms with van der Waals surface area (Å²) in [6, 6.07) is 12.4. The Morgan fingerprint density at radius 1 is 1.10 bits per heavy atom. The van der Waals surface area contributed by atoms with E-state index in [0.29, 0.717) is 5.56 Å². The maximum Gasteiger partial charge on any atom is 0.306 e. The molecule has 0 spiro atoms. The van der Waals surface area contributed by atoms with Crippen LogP contribution in [0.15, 0.2) is 53.0 Å². The summed E-state index contributed by atoms with van der Waals surface area (Å²) in [6.07, 6.45) is 0. The van der Waals surface area contributed by atoms with E-state index < -0.39 is 12.5 Å². The molecule has 1 N–H and O–H groups in total. The van der Waals surface area contributed by atoms with Gasteiger partial charge >= 0.3 is 5.92 Å². The minimum absolute atomic E-state index is 0.0948. The van der Waals surface area contributed by atoms with Crippen LogP contribution in [-0.4, -0.2) is 11.7 Å². The van der Waals surface area contributed by atoms with Gasteiger partial charge in [0.25, 0.3) is 0 Å². The molecule has 2 nitrogen and oxygen atoms in total. The van der Waals surface area contributed by atoms with Crippen LogP contribution in [0.2, 0.25) is 0 Å². The first kappa shape index (κ1) is 14.9. The summed E-state index contributed by atoms with van der Waals surface area (Å²) in [5.41, 5.74) is 0.367. The predicted molar refractivity (Wildman–Crippen MR) is 75.9 cm³/mol. The Bertz CT molecular complexity index is 573. The van der Waals surface area contributed by atoms with Gasteiger partial charge in [-0.2, -0.15) is 8.78 Å². The van der Waals surface area contributed by atoms with Gasteiger partial charge in [0.05, 0.1) is 6.61 Å². The highest BCUT2D eigenvalue weighted by Crippen LogP contribution is 2.30. The van der Waals surface area contributed by atoms with E-state index in [2.05, 4.69) is 15.9 Å². The highest BCUT2D eigenvalue weighted by molar-refractivity contribution is 9.10. The molecule has 0 aliphatic rings. The minimum Gasteiger partial charge on any atom is -0.487 e. The van der Waals surface area contributed by atoms with Crippen LogP contribution in [0, 0.1) is 0 Å². The molecule has 0 heterocycles. The highest BCUT2D eigenvalue weighted by Gasteiger charge is 2.32. The summed E-state index contributed by atoms with van der Waals surface area (Å²) in [5.74, 6) is -2.83. The number of benzene rings is 2. The molecule has 0 radical (unpaired) electrons. The van der Waals surface area contributed by atoms with Gasteiger partial charge in [-0.1, -0.05) is 46.3 Å². The summed E-state index contributed by atoms with van der Waals surface area (Å²) in [5, 5.41) is 9.20. The second-order valence-corrected chi connectivity index (χ2v) is 5.18. The van der Waals surface area contributed by atoms with Crippen molar-refractivity contribution in [2.24, 2.45) is 0 Å². The Kier molecular flexibility index (Phi) is 4.73. The normalized spacial score (nSPS) is 11.4. The first-order valence-corrected chi connectivity index (χ1v) is 6.77. The molecule has 0 unspecified atom stereocenters. The van der Waals surface area contributed by atoms with E-state index in [-0.39, 0.29) is 17.9 Å². The van der Waals surface area contributed by atoms with Gasteiger partial charge in [-0.05, 0) is 18.2 Å². The average Bonchev–Trinajstić information content (AvgIpc) is 2.46. The third kappa shape index (κ3) is 3.55. The molecule has 0 aliphatic carbocycles. The third-order valence-corrected chi connectivity index (χ3v) is 3.29. The molecule has 5 heteroatoms. The third-order valence-electron chi connectivity index (χ3n) is 2.80. The van der Waals surface area contributed by atoms with E-state index in [1.807, 2.05) is 0 Å². The molecule has 0 aromatic heterocycles. The molecular formula is C15H13BrF2O2. The SMILES string of the molecule is OCc1cc(Br)ccc1OCC(F)(F)c1ccccc1. The summed E-state index contributed by atoms with van der Waals surface area (Å²) in [4.78, 5) is 0. The number of ether oxygens (including phenoxy) is 1. The van der Waals surface area contributed by atoms with Gasteiger partial charge in [-0.15, -0.1) is 0 Å². The lowest BCUT2D eigenvalue weighted by atomic mass is 10.1. The predicted octanol–water partition coefficient (Wildman–Crippen LogP) is 4.11. The van der Waals surface area contributed by atoms with Gasteiger partial charge < -0.3 is 9.84 Å². The van der Waals surface area contributed by atoms with E-state index in [4.69, 9.17) is 4.74 Å². The molecule has 2 aromatic carbocycles. The van der Waals surface area contributed by atoms with Crippen molar-refractivity contribution in [2.45, 2.75) is 12.5 Å². The van der Waals surface area contributed by atoms with Crippen molar-refractivity contribution in [1.29, 1.82) is 0 Å². The highest BCUT2D eigenvalue weighted by atomic mass is 79.9. The molecule has 2 aromatic rings. The number of alkyl halides is 2. The second-order valence-electron chi connectivity index (χ2n) is 4.27. The van der Waals surface area contributed by atoms with Gasteiger partial charge in [-0.3, -0.25) is 0 Å². The van der Waals surface area contributed by atoms with Crippen molar-refractivity contribution >= 4 is 15.9 Å². The molecule has 106 valence electrons. The van der Waals surface area contributed by atoms with Crippen LogP contribution in [0.4, 0.5) is 8.78 Å². The lowest BCUT2D eigenvalue weighted by Gasteiger charge is -2.18. The molecular weight excluding hydrogens is 330 g/mol. The van der Waals surface area contributed by atoms with E-state index in [9.17, 15) is 13.9 Å². The van der Waals surface area contributed by atoms with Crippen molar-refractivity contribution in [3.8, 4) is 5.75 Å². The molecule has 20 heavy (non-hydrogen) atoms. The van der Waals surface area contributed by atoms with E-state index in [1.54, 1.807) is 36.4 Å². The van der Waals surface area contributed by atoms with Crippen LogP contribution in [-0.2, 0) is 12.5 Å². The lowest BCUT2D eigenvalue weighted by Crippen LogP contribution is -2.23. The molecule has 2 rings (SSSR count). The lowest BCUT2D eigenvalue weighted by molar-refractivity contribution is -0.0471. The van der Waals surface area contributed by atoms with Crippen molar-refractivity contribution in [2.75, 3.05) is 6.61 Å². The Balaban J connectivity index is 2.12. The van der Waals surface area contributed by atoms with Crippen LogP contribution in [0.1, 0.15) is 11.1 Å². The monoisotopic (exact) mass is 342 g/mol. The Hall–Kier alpha value is -1.46. The first-order chi connectivity index (χ1) is 9.53. The van der Waals surface area contributed by atoms with Crippen LogP contribution in [0.25, 0.3) is 0 Å². The Morgan fingerprint density at radius 3 is 2.45 bits per heavy atom. The standard InChI is InChI=1S/C15H13BrF2O2/c16-13-6-7-14(11(8-13)9-19)20-10-15(17,18)12-4-2-1-3-5-12/h1-8,19H,9-10H2. The molecule has 0 amide bonds. The molecule has 0 saturated carbocycles. The van der Waals surface area contributed by atoms with E-state index in [0.717, 1.165) is 4.47 Å². The quantitative estimate of drug-likeness (QED) is 0.885. The zero-order valence-corrected chi connectivity index (χ0v) is 12.1. The minimum atomic E-state index is -3.08. The summed E-state index contributed by atoms with van der Waals surface area (Å²) < 4.78 is 33.8. The Labute approximate surface area is 124 Å². The fraction of sp³-hybridized carbons (Fsp3) is 0.200. The number of hydrogen-bond donors (Lipinski definition) is 1. The van der Waals surface area contributed by atoms with Gasteiger partial charge in [0, 0.05) is 15.6 Å². The van der Waals surface area contributed by atoms with Crippen molar-refractivity contribution < 1.29 is 18.6 Å². The number of halogens is 3. The topological polar surface area (TPSA) is 29.5 Å². The largest absolute Gasteiger partial charge is 0.487 e. The number of aliphatic hydroxyl groups is 1. The average molecular weight is 343 g/mol.